The number of carboxylic acids is 1. The van der Waals surface area contributed by atoms with Gasteiger partial charge in [0.25, 0.3) is 5.91 Å². The average molecular weight is 446 g/mol. The number of hydrogen-bond acceptors (Lipinski definition) is 5. The fraction of sp³-hybridized carbons (Fsp3) is 0.250. The molecule has 0 spiro atoms. The Morgan fingerprint density at radius 2 is 1.89 bits per heavy atom. The molecule has 1 amide bonds. The number of hydrazone groups is 1. The van der Waals surface area contributed by atoms with E-state index in [1.165, 1.54) is 19.1 Å². The zero-order valence-electron chi connectivity index (χ0n) is 15.1. The zero-order chi connectivity index (χ0) is 19.9. The Morgan fingerprint density at radius 3 is 2.54 bits per heavy atom. The van der Waals surface area contributed by atoms with Gasteiger partial charge in [0.2, 0.25) is 0 Å². The molecular formula is C20H20BrN3O4. The number of carbonyl (C=O) groups is 2. The van der Waals surface area contributed by atoms with E-state index < -0.39 is 12.6 Å². The van der Waals surface area contributed by atoms with Crippen molar-refractivity contribution < 1.29 is 19.4 Å². The number of anilines is 1. The molecule has 0 bridgehead atoms. The van der Waals surface area contributed by atoms with Crippen LogP contribution in [0.5, 0.6) is 5.75 Å². The molecule has 0 aliphatic carbocycles. The molecule has 0 saturated carbocycles. The van der Waals surface area contributed by atoms with E-state index in [9.17, 15) is 9.59 Å². The monoisotopic (exact) mass is 445 g/mol. The van der Waals surface area contributed by atoms with E-state index in [4.69, 9.17) is 9.84 Å². The summed E-state index contributed by atoms with van der Waals surface area (Å²) in [7, 11) is 0. The molecule has 0 radical (unpaired) electrons. The fourth-order valence-electron chi connectivity index (χ4n) is 2.88. The minimum Gasteiger partial charge on any atom is -0.481 e. The molecule has 3 rings (SSSR count). The van der Waals surface area contributed by atoms with Crippen molar-refractivity contribution in [3.63, 3.8) is 0 Å². The van der Waals surface area contributed by atoms with Crippen LogP contribution >= 0.6 is 15.9 Å². The van der Waals surface area contributed by atoms with E-state index in [0.29, 0.717) is 15.8 Å². The van der Waals surface area contributed by atoms with E-state index in [1.807, 2.05) is 12.1 Å². The zero-order valence-corrected chi connectivity index (χ0v) is 16.7. The van der Waals surface area contributed by atoms with E-state index >= 15 is 0 Å². The van der Waals surface area contributed by atoms with Crippen molar-refractivity contribution in [3.05, 3.63) is 58.1 Å². The van der Waals surface area contributed by atoms with E-state index in [1.54, 1.807) is 30.3 Å². The molecule has 1 heterocycles. The Kier molecular flexibility index (Phi) is 6.65. The van der Waals surface area contributed by atoms with Crippen LogP contribution in [0.2, 0.25) is 0 Å². The van der Waals surface area contributed by atoms with Gasteiger partial charge in [-0.3, -0.25) is 4.79 Å². The highest BCUT2D eigenvalue weighted by molar-refractivity contribution is 9.10. The van der Waals surface area contributed by atoms with Crippen molar-refractivity contribution in [1.82, 2.24) is 5.43 Å². The summed E-state index contributed by atoms with van der Waals surface area (Å²) in [5, 5.41) is 12.6. The predicted octanol–water partition coefficient (Wildman–Crippen LogP) is 3.28. The molecule has 0 aromatic heterocycles. The molecule has 1 aliphatic heterocycles. The molecule has 2 aromatic carbocycles. The number of amides is 1. The maximum atomic E-state index is 12.2. The third-order valence-electron chi connectivity index (χ3n) is 4.29. The van der Waals surface area contributed by atoms with Gasteiger partial charge in [-0.2, -0.15) is 5.10 Å². The summed E-state index contributed by atoms with van der Waals surface area (Å²) >= 11 is 3.32. The van der Waals surface area contributed by atoms with Crippen molar-refractivity contribution in [3.8, 4) is 5.75 Å². The van der Waals surface area contributed by atoms with Crippen LogP contribution in [-0.2, 0) is 4.79 Å². The standard InChI is InChI=1S/C20H20BrN3O4/c21-17-11-14(3-8-18(17)28-13-19(25)26)12-22-23-20(27)15-4-6-16(7-5-15)24-9-1-2-10-24/h3-8,11-12H,1-2,9-10,13H2,(H,23,27)(H,25,26)/b22-12-. The second kappa shape index (κ2) is 9.36. The maximum absolute atomic E-state index is 12.2. The lowest BCUT2D eigenvalue weighted by molar-refractivity contribution is -0.139. The number of ether oxygens (including phenoxy) is 1. The molecule has 0 atom stereocenters. The number of rotatable bonds is 7. The first-order valence-electron chi connectivity index (χ1n) is 8.85. The highest BCUT2D eigenvalue weighted by Gasteiger charge is 2.13. The van der Waals surface area contributed by atoms with Gasteiger partial charge in [-0.25, -0.2) is 10.2 Å². The second-order valence-electron chi connectivity index (χ2n) is 6.31. The Labute approximate surface area is 171 Å². The molecule has 0 unspecified atom stereocenters. The number of carboxylic acid groups (broad SMARTS) is 1. The minimum atomic E-state index is -1.05. The van der Waals surface area contributed by atoms with Crippen molar-refractivity contribution in [2.24, 2.45) is 5.10 Å². The highest BCUT2D eigenvalue weighted by atomic mass is 79.9. The first-order valence-corrected chi connectivity index (χ1v) is 9.65. The molecule has 2 aromatic rings. The van der Waals surface area contributed by atoms with Gasteiger partial charge in [0, 0.05) is 24.3 Å². The summed E-state index contributed by atoms with van der Waals surface area (Å²) in [6, 6.07) is 12.6. The average Bonchev–Trinajstić information content (AvgIpc) is 3.22. The van der Waals surface area contributed by atoms with Gasteiger partial charge >= 0.3 is 5.97 Å². The Balaban J connectivity index is 1.55. The number of carbonyl (C=O) groups excluding carboxylic acids is 1. The third kappa shape index (κ3) is 5.32. The molecule has 28 heavy (non-hydrogen) atoms. The van der Waals surface area contributed by atoms with Gasteiger partial charge in [0.15, 0.2) is 6.61 Å². The number of halogens is 1. The number of benzene rings is 2. The summed E-state index contributed by atoms with van der Waals surface area (Å²) in [5.74, 6) is -0.917. The van der Waals surface area contributed by atoms with E-state index in [2.05, 4.69) is 31.4 Å². The third-order valence-corrected chi connectivity index (χ3v) is 4.91. The number of hydrogen-bond donors (Lipinski definition) is 2. The van der Waals surface area contributed by atoms with E-state index in [-0.39, 0.29) is 5.91 Å². The van der Waals surface area contributed by atoms with Crippen molar-refractivity contribution >= 4 is 39.7 Å². The number of nitrogens with one attached hydrogen (secondary N) is 1. The molecule has 1 aliphatic rings. The Hall–Kier alpha value is -2.87. The number of nitrogens with zero attached hydrogens (tertiary/aromatic N) is 2. The normalized spacial score (nSPS) is 13.7. The molecule has 7 nitrogen and oxygen atoms in total. The molecule has 2 N–H and O–H groups in total. The summed E-state index contributed by atoms with van der Waals surface area (Å²) in [4.78, 5) is 25.1. The van der Waals surface area contributed by atoms with Crippen LogP contribution in [0.25, 0.3) is 0 Å². The van der Waals surface area contributed by atoms with Gasteiger partial charge < -0.3 is 14.7 Å². The van der Waals surface area contributed by atoms with Crippen molar-refractivity contribution in [2.45, 2.75) is 12.8 Å². The fourth-order valence-corrected chi connectivity index (χ4v) is 3.39. The van der Waals surface area contributed by atoms with Crippen LogP contribution in [-0.4, -0.2) is 42.9 Å². The lowest BCUT2D eigenvalue weighted by atomic mass is 10.2. The highest BCUT2D eigenvalue weighted by Crippen LogP contribution is 2.25. The smallest absolute Gasteiger partial charge is 0.341 e. The summed E-state index contributed by atoms with van der Waals surface area (Å²) < 4.78 is 5.73. The molecule has 1 saturated heterocycles. The predicted molar refractivity (Wildman–Crippen MR) is 110 cm³/mol. The van der Waals surface area contributed by atoms with Crippen LogP contribution < -0.4 is 15.1 Å². The lowest BCUT2D eigenvalue weighted by Crippen LogP contribution is -2.19. The van der Waals surface area contributed by atoms with Crippen LogP contribution in [0.4, 0.5) is 5.69 Å². The second-order valence-corrected chi connectivity index (χ2v) is 7.17. The van der Waals surface area contributed by atoms with Gasteiger partial charge in [0.1, 0.15) is 5.75 Å². The van der Waals surface area contributed by atoms with Gasteiger partial charge in [-0.15, -0.1) is 0 Å². The minimum absolute atomic E-state index is 0.287. The van der Waals surface area contributed by atoms with Crippen LogP contribution in [0, 0.1) is 0 Å². The largest absolute Gasteiger partial charge is 0.481 e. The van der Waals surface area contributed by atoms with Gasteiger partial charge in [-0.05, 0) is 76.8 Å². The summed E-state index contributed by atoms with van der Waals surface area (Å²) in [6.07, 6.45) is 3.92. The van der Waals surface area contributed by atoms with Gasteiger partial charge in [-0.1, -0.05) is 0 Å². The molecular weight excluding hydrogens is 426 g/mol. The lowest BCUT2D eigenvalue weighted by Gasteiger charge is -2.17. The van der Waals surface area contributed by atoms with E-state index in [0.717, 1.165) is 24.3 Å². The Bertz CT molecular complexity index is 878. The van der Waals surface area contributed by atoms with Gasteiger partial charge in [0.05, 0.1) is 10.7 Å². The van der Waals surface area contributed by atoms with Crippen molar-refractivity contribution in [2.75, 3.05) is 24.6 Å². The Morgan fingerprint density at radius 1 is 1.18 bits per heavy atom. The summed E-state index contributed by atoms with van der Waals surface area (Å²) in [5.41, 5.74) is 4.90. The van der Waals surface area contributed by atoms with Crippen LogP contribution in [0.1, 0.15) is 28.8 Å². The quantitative estimate of drug-likeness (QED) is 0.503. The van der Waals surface area contributed by atoms with Crippen LogP contribution in [0.3, 0.4) is 0 Å². The summed E-state index contributed by atoms with van der Waals surface area (Å²) in [6.45, 7) is 1.70. The van der Waals surface area contributed by atoms with Crippen molar-refractivity contribution in [1.29, 1.82) is 0 Å². The van der Waals surface area contributed by atoms with Crippen LogP contribution in [0.15, 0.2) is 52.0 Å². The maximum Gasteiger partial charge on any atom is 0.341 e. The first-order chi connectivity index (χ1) is 13.5. The molecule has 8 heteroatoms. The molecule has 1 fully saturated rings. The molecule has 146 valence electrons. The first kappa shape index (κ1) is 19.9. The SMILES string of the molecule is O=C(O)COc1ccc(/C=N\NC(=O)c2ccc(N3CCCC3)cc2)cc1Br. The number of aliphatic carboxylic acids is 1. The topological polar surface area (TPSA) is 91.2 Å².